The van der Waals surface area contributed by atoms with Gasteiger partial charge in [0.2, 0.25) is 0 Å². The monoisotopic (exact) mass is 407 g/mol. The molecule has 7 nitrogen and oxygen atoms in total. The predicted octanol–water partition coefficient (Wildman–Crippen LogP) is 2.34. The van der Waals surface area contributed by atoms with Crippen molar-refractivity contribution >= 4 is 29.5 Å². The third kappa shape index (κ3) is 4.21. The van der Waals surface area contributed by atoms with Crippen LogP contribution >= 0.6 is 11.8 Å². The fraction of sp³-hybridized carbons (Fsp3) is 0.650. The molecule has 0 aromatic heterocycles. The third-order valence-electron chi connectivity index (χ3n) is 5.74. The Morgan fingerprint density at radius 1 is 1.25 bits per heavy atom. The molecule has 0 radical (unpaired) electrons. The zero-order valence-corrected chi connectivity index (χ0v) is 17.1. The number of carboxylic acid groups (broad SMARTS) is 1. The van der Waals surface area contributed by atoms with Gasteiger partial charge in [-0.1, -0.05) is 44.4 Å². The van der Waals surface area contributed by atoms with Crippen LogP contribution in [0.4, 0.5) is 0 Å². The van der Waals surface area contributed by atoms with Crippen LogP contribution < -0.4 is 11.1 Å². The summed E-state index contributed by atoms with van der Waals surface area (Å²) < 4.78 is 0. The highest BCUT2D eigenvalue weighted by Crippen LogP contribution is 2.52. The van der Waals surface area contributed by atoms with Crippen LogP contribution in [-0.2, 0) is 14.4 Å². The largest absolute Gasteiger partial charge is 0.478 e. The predicted molar refractivity (Wildman–Crippen MR) is 108 cm³/mol. The first-order chi connectivity index (χ1) is 13.4. The lowest BCUT2D eigenvalue weighted by Gasteiger charge is -2.42. The van der Waals surface area contributed by atoms with Crippen LogP contribution in [-0.4, -0.2) is 46.3 Å². The maximum absolute atomic E-state index is 12.0. The van der Waals surface area contributed by atoms with Gasteiger partial charge in [0.1, 0.15) is 5.37 Å². The lowest BCUT2D eigenvalue weighted by Crippen LogP contribution is -2.42. The third-order valence-corrected chi connectivity index (χ3v) is 7.02. The molecule has 2 bridgehead atoms. The number of thioether (sulfide) groups is 1. The van der Waals surface area contributed by atoms with E-state index in [0.717, 1.165) is 49.3 Å². The van der Waals surface area contributed by atoms with Crippen molar-refractivity contribution in [2.45, 2.75) is 63.7 Å². The van der Waals surface area contributed by atoms with Crippen LogP contribution in [0.25, 0.3) is 0 Å². The number of amides is 2. The van der Waals surface area contributed by atoms with Crippen molar-refractivity contribution in [3.05, 3.63) is 21.7 Å². The number of hydrogen-bond acceptors (Lipinski definition) is 5. The second kappa shape index (κ2) is 9.03. The van der Waals surface area contributed by atoms with Crippen LogP contribution in [0, 0.1) is 5.92 Å². The van der Waals surface area contributed by atoms with E-state index in [0.29, 0.717) is 0 Å². The molecule has 3 aliphatic rings. The molecule has 4 N–H and O–H groups in total. The number of carbonyl (C=O) groups is 3. The van der Waals surface area contributed by atoms with Crippen molar-refractivity contribution in [1.29, 1.82) is 0 Å². The topological polar surface area (TPSA) is 113 Å². The lowest BCUT2D eigenvalue weighted by molar-refractivity contribution is -0.137. The molecule has 0 aliphatic carbocycles. The summed E-state index contributed by atoms with van der Waals surface area (Å²) in [5.74, 6) is -2.91. The van der Waals surface area contributed by atoms with Crippen molar-refractivity contribution in [2.24, 2.45) is 11.7 Å². The molecular formula is C20H29N3O4S. The van der Waals surface area contributed by atoms with Gasteiger partial charge in [0.15, 0.2) is 0 Å². The van der Waals surface area contributed by atoms with Crippen LogP contribution in [0.1, 0.15) is 58.3 Å². The summed E-state index contributed by atoms with van der Waals surface area (Å²) in [6, 6.07) is 0. The Balaban J connectivity index is 1.90. The van der Waals surface area contributed by atoms with Crippen molar-refractivity contribution in [1.82, 2.24) is 10.2 Å². The SMILES string of the molecule is CCCCCCCC1=C2SC(NC(=O)C(N)=O)C(C(=O)O)=C2C2CCCN1C2. The summed E-state index contributed by atoms with van der Waals surface area (Å²) in [5, 5.41) is 11.6. The van der Waals surface area contributed by atoms with E-state index in [-0.39, 0.29) is 11.5 Å². The maximum Gasteiger partial charge on any atom is 0.334 e. The number of allylic oxidation sites excluding steroid dienone is 2. The second-order valence-corrected chi connectivity index (χ2v) is 8.81. The zero-order chi connectivity index (χ0) is 20.3. The molecule has 0 aromatic rings. The summed E-state index contributed by atoms with van der Waals surface area (Å²) in [4.78, 5) is 38.4. The van der Waals surface area contributed by atoms with E-state index in [1.54, 1.807) is 0 Å². The zero-order valence-electron chi connectivity index (χ0n) is 16.3. The van der Waals surface area contributed by atoms with Gasteiger partial charge in [-0.3, -0.25) is 9.59 Å². The summed E-state index contributed by atoms with van der Waals surface area (Å²) in [6.45, 7) is 4.04. The second-order valence-electron chi connectivity index (χ2n) is 7.69. The number of fused-ring (bicyclic) bond motifs is 4. The average Bonchev–Trinajstić information content (AvgIpc) is 3.03. The number of carbonyl (C=O) groups excluding carboxylic acids is 2. The smallest absolute Gasteiger partial charge is 0.334 e. The van der Waals surface area contributed by atoms with Gasteiger partial charge in [-0.2, -0.15) is 0 Å². The van der Waals surface area contributed by atoms with E-state index in [1.807, 2.05) is 0 Å². The Morgan fingerprint density at radius 2 is 2.00 bits per heavy atom. The van der Waals surface area contributed by atoms with E-state index in [9.17, 15) is 19.5 Å². The number of piperidine rings is 1. The quantitative estimate of drug-likeness (QED) is 0.420. The molecule has 0 spiro atoms. The van der Waals surface area contributed by atoms with Crippen LogP contribution in [0.5, 0.6) is 0 Å². The standard InChI is InChI=1S/C20H29N3O4S/c1-2-3-4-5-6-9-13-16-14(12-8-7-10-23(13)11-12)15(20(26)27)19(28-16)22-18(25)17(21)24/h12,19H,2-11H2,1H3,(H2,21,24)(H,22,25)(H,26,27). The molecule has 8 heteroatoms. The lowest BCUT2D eigenvalue weighted by atomic mass is 9.82. The fourth-order valence-electron chi connectivity index (χ4n) is 4.42. The Bertz CT molecular complexity index is 731. The Labute approximate surface area is 169 Å². The highest BCUT2D eigenvalue weighted by atomic mass is 32.2. The molecule has 2 unspecified atom stereocenters. The van der Waals surface area contributed by atoms with E-state index >= 15 is 0 Å². The van der Waals surface area contributed by atoms with Gasteiger partial charge in [0.25, 0.3) is 0 Å². The number of nitrogens with one attached hydrogen (secondary N) is 1. The highest BCUT2D eigenvalue weighted by molar-refractivity contribution is 8.04. The molecule has 1 saturated heterocycles. The van der Waals surface area contributed by atoms with Gasteiger partial charge in [0.05, 0.1) is 5.57 Å². The Morgan fingerprint density at radius 3 is 2.68 bits per heavy atom. The number of unbranched alkanes of at least 4 members (excludes halogenated alkanes) is 4. The Kier molecular flexibility index (Phi) is 6.69. The minimum Gasteiger partial charge on any atom is -0.478 e. The van der Waals surface area contributed by atoms with Crippen LogP contribution in [0.3, 0.4) is 0 Å². The van der Waals surface area contributed by atoms with Crippen molar-refractivity contribution in [2.75, 3.05) is 13.1 Å². The molecule has 3 aliphatic heterocycles. The normalized spacial score (nSPS) is 23.7. The fourth-order valence-corrected chi connectivity index (χ4v) is 5.94. The number of nitrogens with two attached hydrogens (primary N) is 1. The summed E-state index contributed by atoms with van der Waals surface area (Å²) in [6.07, 6.45) is 8.81. The van der Waals surface area contributed by atoms with E-state index < -0.39 is 23.2 Å². The minimum atomic E-state index is -1.10. The molecule has 2 amide bonds. The number of carboxylic acids is 1. The number of aliphatic carboxylic acids is 1. The highest BCUT2D eigenvalue weighted by Gasteiger charge is 2.45. The number of rotatable bonds is 8. The Hall–Kier alpha value is -1.96. The van der Waals surface area contributed by atoms with Crippen molar-refractivity contribution < 1.29 is 19.5 Å². The molecule has 28 heavy (non-hydrogen) atoms. The van der Waals surface area contributed by atoms with E-state index in [1.165, 1.54) is 43.1 Å². The van der Waals surface area contributed by atoms with Gasteiger partial charge < -0.3 is 21.1 Å². The summed E-state index contributed by atoms with van der Waals surface area (Å²) in [5.41, 5.74) is 7.35. The first kappa shape index (κ1) is 20.8. The summed E-state index contributed by atoms with van der Waals surface area (Å²) >= 11 is 1.35. The maximum atomic E-state index is 12.0. The van der Waals surface area contributed by atoms with Crippen LogP contribution in [0.2, 0.25) is 0 Å². The first-order valence-corrected chi connectivity index (χ1v) is 11.0. The summed E-state index contributed by atoms with van der Waals surface area (Å²) in [7, 11) is 0. The molecule has 0 aromatic carbocycles. The van der Waals surface area contributed by atoms with Crippen molar-refractivity contribution in [3.63, 3.8) is 0 Å². The number of primary amides is 1. The van der Waals surface area contributed by atoms with Gasteiger partial charge in [0, 0.05) is 29.6 Å². The van der Waals surface area contributed by atoms with Gasteiger partial charge in [-0.25, -0.2) is 4.79 Å². The number of hydrogen-bond donors (Lipinski definition) is 3. The van der Waals surface area contributed by atoms with E-state index in [4.69, 9.17) is 5.73 Å². The number of nitrogens with zero attached hydrogens (tertiary/aromatic N) is 1. The molecule has 3 heterocycles. The molecule has 2 atom stereocenters. The van der Waals surface area contributed by atoms with Gasteiger partial charge >= 0.3 is 17.8 Å². The van der Waals surface area contributed by atoms with Crippen molar-refractivity contribution in [3.8, 4) is 0 Å². The first-order valence-electron chi connectivity index (χ1n) is 10.2. The van der Waals surface area contributed by atoms with Gasteiger partial charge in [-0.15, -0.1) is 0 Å². The molecule has 3 rings (SSSR count). The average molecular weight is 408 g/mol. The molecular weight excluding hydrogens is 378 g/mol. The van der Waals surface area contributed by atoms with Gasteiger partial charge in [-0.05, 0) is 31.3 Å². The molecule has 1 fully saturated rings. The minimum absolute atomic E-state index is 0.168. The van der Waals surface area contributed by atoms with Crippen LogP contribution in [0.15, 0.2) is 21.7 Å². The molecule has 0 saturated carbocycles. The molecule has 154 valence electrons. The van der Waals surface area contributed by atoms with E-state index in [2.05, 4.69) is 17.1 Å².